The van der Waals surface area contributed by atoms with Crippen molar-refractivity contribution in [2.75, 3.05) is 12.4 Å². The van der Waals surface area contributed by atoms with E-state index in [1.54, 1.807) is 0 Å². The number of carbonyl (C=O) groups is 2. The summed E-state index contributed by atoms with van der Waals surface area (Å²) in [6, 6.07) is 0. The standard InChI is InChI=1S/C33H52O7S.Na/c1-28(2)24-9-12-33(7)26(31(24,5)11-10-25(28)35)23(34)19-21-22-20-30(4,27(36)40-17-8-18-41(37,38)39)14-13-29(22,3)15-16-32(21,33)6;/h19,22,24-26,35H,8-18,20H2,1-7H3,(H,37,38,39);/q;+1/p-1/t22-,24-,25-,26+,29+,30-,31-,32+,33+;/m0./s1. The number of aliphatic hydroxyl groups is 1. The van der Waals surface area contributed by atoms with Gasteiger partial charge in [0.05, 0.1) is 28.2 Å². The van der Waals surface area contributed by atoms with E-state index in [-0.39, 0.29) is 105 Å². The normalized spacial score (nSPS) is 46.1. The van der Waals surface area contributed by atoms with Crippen molar-refractivity contribution in [1.82, 2.24) is 0 Å². The number of ether oxygens (including phenoxy) is 1. The Morgan fingerprint density at radius 3 is 2.29 bits per heavy atom. The second kappa shape index (κ2) is 10.9. The van der Waals surface area contributed by atoms with Gasteiger partial charge in [0, 0.05) is 11.7 Å². The fraction of sp³-hybridized carbons (Fsp3) is 0.879. The molecule has 4 saturated carbocycles. The van der Waals surface area contributed by atoms with Gasteiger partial charge in [-0.1, -0.05) is 47.1 Å². The van der Waals surface area contributed by atoms with Crippen LogP contribution >= 0.6 is 0 Å². The van der Waals surface area contributed by atoms with Crippen molar-refractivity contribution in [2.45, 2.75) is 119 Å². The van der Waals surface area contributed by atoms with E-state index in [0.717, 1.165) is 44.9 Å². The van der Waals surface area contributed by atoms with Crippen LogP contribution in [0.25, 0.3) is 0 Å². The zero-order valence-corrected chi connectivity index (χ0v) is 30.0. The number of hydrogen-bond donors (Lipinski definition) is 1. The maximum absolute atomic E-state index is 14.4. The van der Waals surface area contributed by atoms with Crippen LogP contribution in [0.15, 0.2) is 11.6 Å². The summed E-state index contributed by atoms with van der Waals surface area (Å²) in [7, 11) is -4.34. The summed E-state index contributed by atoms with van der Waals surface area (Å²) in [6.45, 7) is 15.6. The van der Waals surface area contributed by atoms with E-state index in [1.165, 1.54) is 5.57 Å². The van der Waals surface area contributed by atoms with Gasteiger partial charge in [-0.15, -0.1) is 0 Å². The fourth-order valence-electron chi connectivity index (χ4n) is 10.9. The van der Waals surface area contributed by atoms with Crippen molar-refractivity contribution < 1.29 is 62.0 Å². The van der Waals surface area contributed by atoms with Gasteiger partial charge >= 0.3 is 35.5 Å². The second-order valence-electron chi connectivity index (χ2n) is 16.4. The van der Waals surface area contributed by atoms with Gasteiger partial charge in [0.15, 0.2) is 5.78 Å². The molecule has 4 fully saturated rings. The SMILES string of the molecule is CC1(C)[C@@H](O)CC[C@]2(C)[C@H]3C(=O)C=C4[C@@H]5C[C@@](C)(C(=O)OCCCS(=O)(=O)[O-])CC[C@]5(C)CC[C@@]4(C)[C@]3(C)CC[C@@H]12.[Na+]. The minimum absolute atomic E-state index is 0. The molecule has 1 N–H and O–H groups in total. The average Bonchev–Trinajstić information content (AvgIpc) is 2.86. The van der Waals surface area contributed by atoms with Gasteiger partial charge in [-0.2, -0.15) is 0 Å². The summed E-state index contributed by atoms with van der Waals surface area (Å²) in [5.41, 5.74) is -0.249. The van der Waals surface area contributed by atoms with Crippen molar-refractivity contribution in [3.63, 3.8) is 0 Å². The minimum Gasteiger partial charge on any atom is -0.748 e. The number of rotatable bonds is 5. The van der Waals surface area contributed by atoms with Crippen molar-refractivity contribution >= 4 is 21.9 Å². The van der Waals surface area contributed by atoms with Crippen molar-refractivity contribution in [3.8, 4) is 0 Å². The molecule has 0 amide bonds. The molecule has 9 heteroatoms. The van der Waals surface area contributed by atoms with E-state index < -0.39 is 21.3 Å². The molecule has 0 bridgehead atoms. The first kappa shape index (κ1) is 34.6. The third-order valence-corrected chi connectivity index (χ3v) is 14.6. The van der Waals surface area contributed by atoms with Crippen LogP contribution in [0.5, 0.6) is 0 Å². The molecule has 232 valence electrons. The van der Waals surface area contributed by atoms with Crippen molar-refractivity contribution in [3.05, 3.63) is 11.6 Å². The molecular weight excluding hydrogens is 563 g/mol. The summed E-state index contributed by atoms with van der Waals surface area (Å²) in [5, 5.41) is 10.9. The number of esters is 1. The zero-order valence-electron chi connectivity index (χ0n) is 27.2. The van der Waals surface area contributed by atoms with E-state index in [1.807, 2.05) is 13.0 Å². The summed E-state index contributed by atoms with van der Waals surface area (Å²) < 4.78 is 38.4. The number of ketones is 1. The summed E-state index contributed by atoms with van der Waals surface area (Å²) in [4.78, 5) is 27.8. The summed E-state index contributed by atoms with van der Waals surface area (Å²) in [5.74, 6) is -0.351. The van der Waals surface area contributed by atoms with Crippen LogP contribution in [-0.4, -0.2) is 48.3 Å². The van der Waals surface area contributed by atoms with Crippen LogP contribution in [0.2, 0.25) is 0 Å². The van der Waals surface area contributed by atoms with Gasteiger partial charge in [-0.05, 0) is 116 Å². The van der Waals surface area contributed by atoms with Gasteiger partial charge < -0.3 is 14.4 Å². The smallest absolute Gasteiger partial charge is 0.748 e. The third kappa shape index (κ3) is 5.14. The van der Waals surface area contributed by atoms with Gasteiger partial charge in [0.1, 0.15) is 0 Å². The third-order valence-electron chi connectivity index (χ3n) is 13.8. The molecule has 5 rings (SSSR count). The molecule has 0 radical (unpaired) electrons. The molecule has 5 aliphatic rings. The Labute approximate surface area is 275 Å². The molecule has 0 aromatic heterocycles. The molecule has 0 saturated heterocycles. The number of aliphatic hydroxyl groups excluding tert-OH is 1. The van der Waals surface area contributed by atoms with Crippen molar-refractivity contribution in [2.24, 2.45) is 50.2 Å². The van der Waals surface area contributed by atoms with Gasteiger partial charge in [0.2, 0.25) is 0 Å². The van der Waals surface area contributed by atoms with Crippen LogP contribution in [0.3, 0.4) is 0 Å². The van der Waals surface area contributed by atoms with Gasteiger partial charge in [-0.25, -0.2) is 8.42 Å². The molecule has 0 spiro atoms. The summed E-state index contributed by atoms with van der Waals surface area (Å²) in [6.07, 6.45) is 9.47. The maximum atomic E-state index is 14.4. The topological polar surface area (TPSA) is 121 Å². The van der Waals surface area contributed by atoms with E-state index in [2.05, 4.69) is 41.5 Å². The number of carbonyl (C=O) groups excluding carboxylic acids is 2. The predicted molar refractivity (Wildman–Crippen MR) is 156 cm³/mol. The zero-order chi connectivity index (χ0) is 30.4. The second-order valence-corrected chi connectivity index (χ2v) is 17.9. The average molecular weight is 615 g/mol. The Balaban J connectivity index is 0.00000405. The molecule has 0 unspecified atom stereocenters. The Bertz CT molecular complexity index is 1260. The van der Waals surface area contributed by atoms with Crippen LogP contribution in [-0.2, 0) is 24.4 Å². The Kier molecular flexibility index (Phi) is 9.01. The minimum atomic E-state index is -4.34. The van der Waals surface area contributed by atoms with E-state index in [0.29, 0.717) is 12.8 Å². The van der Waals surface area contributed by atoms with Crippen molar-refractivity contribution in [1.29, 1.82) is 0 Å². The number of allylic oxidation sites excluding steroid dienone is 2. The number of hydrogen-bond acceptors (Lipinski definition) is 7. The molecule has 9 atom stereocenters. The fourth-order valence-corrected chi connectivity index (χ4v) is 11.4. The molecule has 0 aliphatic heterocycles. The van der Waals surface area contributed by atoms with Crippen LogP contribution < -0.4 is 29.6 Å². The van der Waals surface area contributed by atoms with E-state index in [4.69, 9.17) is 4.74 Å². The van der Waals surface area contributed by atoms with Gasteiger partial charge in [0.25, 0.3) is 0 Å². The quantitative estimate of drug-likeness (QED) is 0.219. The molecular formula is C33H51NaO7S. The first-order valence-corrected chi connectivity index (χ1v) is 17.4. The van der Waals surface area contributed by atoms with Crippen LogP contribution in [0, 0.1) is 50.2 Å². The first-order valence-electron chi connectivity index (χ1n) is 15.8. The monoisotopic (exact) mass is 614 g/mol. The molecule has 0 aromatic carbocycles. The predicted octanol–water partition coefficient (Wildman–Crippen LogP) is 2.81. The molecule has 5 aliphatic carbocycles. The molecule has 0 aromatic rings. The summed E-state index contributed by atoms with van der Waals surface area (Å²) >= 11 is 0. The first-order chi connectivity index (χ1) is 18.7. The molecule has 7 nitrogen and oxygen atoms in total. The van der Waals surface area contributed by atoms with Crippen LogP contribution in [0.4, 0.5) is 0 Å². The Morgan fingerprint density at radius 1 is 1.00 bits per heavy atom. The largest absolute Gasteiger partial charge is 1.00 e. The van der Waals surface area contributed by atoms with Gasteiger partial charge in [-0.3, -0.25) is 9.59 Å². The van der Waals surface area contributed by atoms with E-state index in [9.17, 15) is 27.7 Å². The van der Waals surface area contributed by atoms with E-state index >= 15 is 0 Å². The Hall–Kier alpha value is -0.250. The van der Waals surface area contributed by atoms with Crippen LogP contribution in [0.1, 0.15) is 113 Å². The Morgan fingerprint density at radius 2 is 1.64 bits per heavy atom. The molecule has 42 heavy (non-hydrogen) atoms. The number of fused-ring (bicyclic) bond motifs is 7. The molecule has 0 heterocycles. The maximum Gasteiger partial charge on any atom is 1.00 e.